The Morgan fingerprint density at radius 1 is 1.14 bits per heavy atom. The van der Waals surface area contributed by atoms with Crippen LogP contribution in [0.1, 0.15) is 28.3 Å². The minimum absolute atomic E-state index is 0.0500. The molecule has 0 unspecified atom stereocenters. The van der Waals surface area contributed by atoms with Crippen LogP contribution in [0, 0.1) is 11.7 Å². The van der Waals surface area contributed by atoms with Crippen molar-refractivity contribution in [3.05, 3.63) is 65.5 Å². The van der Waals surface area contributed by atoms with E-state index in [0.717, 1.165) is 5.56 Å². The summed E-state index contributed by atoms with van der Waals surface area (Å²) >= 11 is 0. The van der Waals surface area contributed by atoms with Gasteiger partial charge in [0.25, 0.3) is 0 Å². The predicted molar refractivity (Wildman–Crippen MR) is 99.7 cm³/mol. The fourth-order valence-electron chi connectivity index (χ4n) is 3.47. The number of benzene rings is 2. The van der Waals surface area contributed by atoms with Gasteiger partial charge in [-0.1, -0.05) is 12.1 Å². The van der Waals surface area contributed by atoms with E-state index < -0.39 is 12.1 Å². The van der Waals surface area contributed by atoms with Crippen molar-refractivity contribution in [2.24, 2.45) is 5.92 Å². The third kappa shape index (κ3) is 4.48. The molecule has 7 heteroatoms. The zero-order chi connectivity index (χ0) is 20.1. The summed E-state index contributed by atoms with van der Waals surface area (Å²) in [7, 11) is 1.30. The summed E-state index contributed by atoms with van der Waals surface area (Å²) in [5.74, 6) is -0.559. The van der Waals surface area contributed by atoms with Crippen LogP contribution in [-0.2, 0) is 4.74 Å². The standard InChI is InChI=1S/C21H22FNO5/c1-27-20(25)15-4-8-18(9-5-15)28-21(26)23-11-10-19(16(12-23)13-24)14-2-6-17(22)7-3-14/h2-9,16,19,24H,10-13H2,1H3/t16-,19-/m1/s1. The van der Waals surface area contributed by atoms with Crippen molar-refractivity contribution in [1.29, 1.82) is 0 Å². The number of aliphatic hydroxyl groups excluding tert-OH is 1. The minimum Gasteiger partial charge on any atom is -0.465 e. The second kappa shape index (κ2) is 8.84. The van der Waals surface area contributed by atoms with Crippen LogP contribution in [0.2, 0.25) is 0 Å². The molecule has 1 aliphatic heterocycles. The average molecular weight is 387 g/mol. The fraction of sp³-hybridized carbons (Fsp3) is 0.333. The average Bonchev–Trinajstić information content (AvgIpc) is 2.73. The van der Waals surface area contributed by atoms with E-state index in [9.17, 15) is 19.1 Å². The van der Waals surface area contributed by atoms with Crippen molar-refractivity contribution < 1.29 is 28.6 Å². The third-order valence-electron chi connectivity index (χ3n) is 5.01. The maximum atomic E-state index is 13.2. The lowest BCUT2D eigenvalue weighted by molar-refractivity contribution is 0.0600. The van der Waals surface area contributed by atoms with E-state index in [2.05, 4.69) is 4.74 Å². The molecule has 0 bridgehead atoms. The van der Waals surface area contributed by atoms with Crippen LogP contribution in [0.5, 0.6) is 5.75 Å². The fourth-order valence-corrected chi connectivity index (χ4v) is 3.47. The molecule has 0 aliphatic carbocycles. The molecule has 2 aromatic carbocycles. The Hall–Kier alpha value is -2.93. The summed E-state index contributed by atoms with van der Waals surface area (Å²) < 4.78 is 23.2. The Morgan fingerprint density at radius 2 is 1.82 bits per heavy atom. The van der Waals surface area contributed by atoms with Crippen LogP contribution in [-0.4, -0.2) is 48.9 Å². The molecule has 28 heavy (non-hydrogen) atoms. The van der Waals surface area contributed by atoms with Crippen molar-refractivity contribution >= 4 is 12.1 Å². The topological polar surface area (TPSA) is 76.1 Å². The van der Waals surface area contributed by atoms with Gasteiger partial charge in [0.2, 0.25) is 0 Å². The first-order valence-corrected chi connectivity index (χ1v) is 9.03. The van der Waals surface area contributed by atoms with Gasteiger partial charge in [-0.25, -0.2) is 14.0 Å². The first kappa shape index (κ1) is 19.8. The van der Waals surface area contributed by atoms with E-state index in [1.54, 1.807) is 17.0 Å². The van der Waals surface area contributed by atoms with Crippen LogP contribution in [0.25, 0.3) is 0 Å². The largest absolute Gasteiger partial charge is 0.465 e. The lowest BCUT2D eigenvalue weighted by Crippen LogP contribution is -2.45. The third-order valence-corrected chi connectivity index (χ3v) is 5.01. The molecule has 0 spiro atoms. The summed E-state index contributed by atoms with van der Waals surface area (Å²) in [5.41, 5.74) is 1.31. The molecular weight excluding hydrogens is 365 g/mol. The highest BCUT2D eigenvalue weighted by Gasteiger charge is 2.33. The molecule has 0 saturated carbocycles. The van der Waals surface area contributed by atoms with Crippen molar-refractivity contribution in [3.63, 3.8) is 0 Å². The number of nitrogens with zero attached hydrogens (tertiary/aromatic N) is 1. The van der Waals surface area contributed by atoms with Gasteiger partial charge in [0.15, 0.2) is 0 Å². The molecule has 1 amide bonds. The van der Waals surface area contributed by atoms with Gasteiger partial charge in [-0.05, 0) is 54.3 Å². The van der Waals surface area contributed by atoms with E-state index >= 15 is 0 Å². The molecule has 0 radical (unpaired) electrons. The molecule has 1 fully saturated rings. The Morgan fingerprint density at radius 3 is 2.43 bits per heavy atom. The molecule has 1 saturated heterocycles. The number of piperidine rings is 1. The van der Waals surface area contributed by atoms with E-state index in [0.29, 0.717) is 30.8 Å². The van der Waals surface area contributed by atoms with E-state index in [1.165, 1.54) is 43.5 Å². The Bertz CT molecular complexity index is 822. The normalized spacial score (nSPS) is 19.2. The number of likely N-dealkylation sites (tertiary alicyclic amines) is 1. The Kier molecular flexibility index (Phi) is 6.26. The highest BCUT2D eigenvalue weighted by molar-refractivity contribution is 5.89. The number of carbonyl (C=O) groups excluding carboxylic acids is 2. The first-order chi connectivity index (χ1) is 13.5. The lowest BCUT2D eigenvalue weighted by atomic mass is 9.81. The molecule has 2 aromatic rings. The number of carbonyl (C=O) groups is 2. The summed E-state index contributed by atoms with van der Waals surface area (Å²) in [4.78, 5) is 25.5. The van der Waals surface area contributed by atoms with Crippen LogP contribution in [0.4, 0.5) is 9.18 Å². The Labute approximate surface area is 162 Å². The van der Waals surface area contributed by atoms with Gasteiger partial charge in [-0.3, -0.25) is 0 Å². The molecule has 1 aliphatic rings. The van der Waals surface area contributed by atoms with Crippen molar-refractivity contribution in [1.82, 2.24) is 4.90 Å². The van der Waals surface area contributed by atoms with Gasteiger partial charge in [0.1, 0.15) is 11.6 Å². The summed E-state index contributed by atoms with van der Waals surface area (Å²) in [6.45, 7) is 0.731. The number of hydrogen-bond acceptors (Lipinski definition) is 5. The van der Waals surface area contributed by atoms with Crippen molar-refractivity contribution in [3.8, 4) is 5.75 Å². The lowest BCUT2D eigenvalue weighted by Gasteiger charge is -2.37. The van der Waals surface area contributed by atoms with Crippen LogP contribution in [0.3, 0.4) is 0 Å². The molecule has 6 nitrogen and oxygen atoms in total. The van der Waals surface area contributed by atoms with Gasteiger partial charge in [0, 0.05) is 25.6 Å². The van der Waals surface area contributed by atoms with Crippen LogP contribution >= 0.6 is 0 Å². The quantitative estimate of drug-likeness (QED) is 0.816. The first-order valence-electron chi connectivity index (χ1n) is 9.03. The molecule has 148 valence electrons. The number of hydrogen-bond donors (Lipinski definition) is 1. The SMILES string of the molecule is COC(=O)c1ccc(OC(=O)N2CC[C@H](c3ccc(F)cc3)[C@@H](CO)C2)cc1. The number of aliphatic hydroxyl groups is 1. The number of rotatable bonds is 4. The zero-order valence-electron chi connectivity index (χ0n) is 15.5. The van der Waals surface area contributed by atoms with E-state index in [4.69, 9.17) is 4.74 Å². The van der Waals surface area contributed by atoms with E-state index in [-0.39, 0.29) is 24.3 Å². The molecule has 2 atom stereocenters. The summed E-state index contributed by atoms with van der Waals surface area (Å²) in [6, 6.07) is 12.3. The second-order valence-corrected chi connectivity index (χ2v) is 6.72. The number of methoxy groups -OCH3 is 1. The van der Waals surface area contributed by atoms with Gasteiger partial charge in [-0.2, -0.15) is 0 Å². The number of ether oxygens (including phenoxy) is 2. The second-order valence-electron chi connectivity index (χ2n) is 6.72. The number of esters is 1. The molecular formula is C21H22FNO5. The van der Waals surface area contributed by atoms with Crippen LogP contribution in [0.15, 0.2) is 48.5 Å². The maximum absolute atomic E-state index is 13.2. The highest BCUT2D eigenvalue weighted by atomic mass is 19.1. The van der Waals surface area contributed by atoms with Gasteiger partial charge < -0.3 is 19.5 Å². The minimum atomic E-state index is -0.512. The van der Waals surface area contributed by atoms with Crippen molar-refractivity contribution in [2.45, 2.75) is 12.3 Å². The number of halogens is 1. The Balaban J connectivity index is 1.62. The summed E-state index contributed by atoms with van der Waals surface area (Å²) in [5, 5.41) is 9.78. The molecule has 0 aromatic heterocycles. The van der Waals surface area contributed by atoms with Crippen LogP contribution < -0.4 is 4.74 Å². The predicted octanol–water partition coefficient (Wildman–Crippen LogP) is 3.21. The van der Waals surface area contributed by atoms with Gasteiger partial charge >= 0.3 is 12.1 Å². The van der Waals surface area contributed by atoms with E-state index in [1.807, 2.05) is 0 Å². The van der Waals surface area contributed by atoms with Crippen molar-refractivity contribution in [2.75, 3.05) is 26.8 Å². The van der Waals surface area contributed by atoms with Gasteiger partial charge in [0.05, 0.1) is 12.7 Å². The molecule has 3 rings (SSSR count). The summed E-state index contributed by atoms with van der Waals surface area (Å²) in [6.07, 6.45) is 0.134. The monoisotopic (exact) mass is 387 g/mol. The zero-order valence-corrected chi connectivity index (χ0v) is 15.5. The number of amides is 1. The molecule has 1 heterocycles. The highest BCUT2D eigenvalue weighted by Crippen LogP contribution is 2.33. The molecule has 1 N–H and O–H groups in total. The maximum Gasteiger partial charge on any atom is 0.415 e. The van der Waals surface area contributed by atoms with Gasteiger partial charge in [-0.15, -0.1) is 0 Å². The smallest absolute Gasteiger partial charge is 0.415 e.